The van der Waals surface area contributed by atoms with Crippen molar-refractivity contribution in [2.45, 2.75) is 38.5 Å². The molecule has 0 spiro atoms. The number of hydrogen-bond donors (Lipinski definition) is 0. The Bertz CT molecular complexity index is 2980. The Kier molecular flexibility index (Phi) is 5.66. The van der Waals surface area contributed by atoms with E-state index in [0.29, 0.717) is 11.1 Å². The number of nitrogens with zero attached hydrogens (tertiary/aromatic N) is 3. The monoisotopic (exact) mass is 675 g/mol. The van der Waals surface area contributed by atoms with Gasteiger partial charge in [-0.1, -0.05) is 131 Å². The van der Waals surface area contributed by atoms with Crippen molar-refractivity contribution in [2.24, 2.45) is 0 Å². The van der Waals surface area contributed by atoms with E-state index < -0.39 is 0 Å². The van der Waals surface area contributed by atoms with Gasteiger partial charge in [0.1, 0.15) is 0 Å². The zero-order valence-corrected chi connectivity index (χ0v) is 30.0. The number of aromatic nitrogens is 1. The van der Waals surface area contributed by atoms with Gasteiger partial charge in [-0.3, -0.25) is 0 Å². The summed E-state index contributed by atoms with van der Waals surface area (Å²) in [6.07, 6.45) is 0. The van der Waals surface area contributed by atoms with E-state index in [1.807, 2.05) is 0 Å². The van der Waals surface area contributed by atoms with Crippen LogP contribution >= 0.6 is 0 Å². The largest absolute Gasteiger partial charge is 0.308 e. The molecule has 0 atom stereocenters. The quantitative estimate of drug-likeness (QED) is 0.183. The van der Waals surface area contributed by atoms with Crippen LogP contribution in [0.1, 0.15) is 61.1 Å². The molecule has 0 bridgehead atoms. The number of nitriles is 2. The Hall–Kier alpha value is -6.68. The van der Waals surface area contributed by atoms with Gasteiger partial charge >= 0.3 is 0 Å². The summed E-state index contributed by atoms with van der Waals surface area (Å²) in [6, 6.07) is 50.7. The summed E-state index contributed by atoms with van der Waals surface area (Å²) in [5.41, 5.74) is 18.3. The SMILES string of the molecule is CC1(C)c2ccccc2-c2cccc(-c3cc4c5cccc6c7cc(-c8cccc9c8C(C)(C)c8ccccc8-9)c(C#N)cc7n(c4cc3C#N)c56)c21. The Morgan fingerprint density at radius 2 is 0.792 bits per heavy atom. The van der Waals surface area contributed by atoms with Crippen LogP contribution < -0.4 is 0 Å². The van der Waals surface area contributed by atoms with Gasteiger partial charge in [0, 0.05) is 43.5 Å². The lowest BCUT2D eigenvalue weighted by atomic mass is 9.78. The number of fused-ring (bicyclic) bond motifs is 12. The molecule has 2 heterocycles. The van der Waals surface area contributed by atoms with Crippen molar-refractivity contribution in [1.29, 1.82) is 10.5 Å². The number of hydrogen-bond acceptors (Lipinski definition) is 2. The maximum absolute atomic E-state index is 10.8. The molecule has 7 aromatic carbocycles. The van der Waals surface area contributed by atoms with Crippen molar-refractivity contribution in [3.05, 3.63) is 161 Å². The molecular weight excluding hydrogens is 643 g/mol. The Morgan fingerprint density at radius 3 is 1.23 bits per heavy atom. The van der Waals surface area contributed by atoms with Crippen LogP contribution in [-0.2, 0) is 10.8 Å². The van der Waals surface area contributed by atoms with E-state index in [1.165, 1.54) is 44.5 Å². The third kappa shape index (κ3) is 3.62. The molecule has 2 aliphatic rings. The molecule has 0 saturated heterocycles. The van der Waals surface area contributed by atoms with E-state index >= 15 is 0 Å². The van der Waals surface area contributed by atoms with Crippen LogP contribution in [0.15, 0.2) is 127 Å². The standard InChI is InChI=1S/C50H33N3/c1-49(2)42-20-7-5-12-30(42)32-14-9-16-34(46(32)49)38-24-40-36-18-11-19-37-41-25-39(29(27-52)23-45(41)53(48(36)37)44(40)22-28(38)26-51)35-17-10-15-33-31-13-6-8-21-43(31)50(3,4)47(33)35/h5-25H,1-4H3. The van der Waals surface area contributed by atoms with E-state index in [-0.39, 0.29) is 10.8 Å². The lowest BCUT2D eigenvalue weighted by Gasteiger charge is -2.25. The summed E-state index contributed by atoms with van der Waals surface area (Å²) >= 11 is 0. The molecular formula is C50H33N3. The molecule has 0 radical (unpaired) electrons. The first-order valence-corrected chi connectivity index (χ1v) is 18.3. The lowest BCUT2D eigenvalue weighted by molar-refractivity contribution is 0.662. The van der Waals surface area contributed by atoms with Gasteiger partial charge < -0.3 is 4.40 Å². The smallest absolute Gasteiger partial charge is 0.0998 e. The van der Waals surface area contributed by atoms with E-state index in [1.54, 1.807) is 0 Å². The summed E-state index contributed by atoms with van der Waals surface area (Å²) in [4.78, 5) is 0. The molecule has 11 rings (SSSR count). The van der Waals surface area contributed by atoms with E-state index in [0.717, 1.165) is 60.3 Å². The molecule has 0 aliphatic heterocycles. The second-order valence-corrected chi connectivity index (χ2v) is 15.9. The highest BCUT2D eigenvalue weighted by molar-refractivity contribution is 6.24. The van der Waals surface area contributed by atoms with Crippen LogP contribution in [0.3, 0.4) is 0 Å². The fourth-order valence-corrected chi connectivity index (χ4v) is 10.3. The van der Waals surface area contributed by atoms with Crippen molar-refractivity contribution >= 4 is 38.1 Å². The highest BCUT2D eigenvalue weighted by Gasteiger charge is 2.39. The van der Waals surface area contributed by atoms with Crippen LogP contribution in [0.2, 0.25) is 0 Å². The minimum Gasteiger partial charge on any atom is -0.308 e. The minimum absolute atomic E-state index is 0.210. The summed E-state index contributed by atoms with van der Waals surface area (Å²) in [6.45, 7) is 9.18. The van der Waals surface area contributed by atoms with Gasteiger partial charge in [-0.2, -0.15) is 10.5 Å². The highest BCUT2D eigenvalue weighted by atomic mass is 14.9. The summed E-state index contributed by atoms with van der Waals surface area (Å²) in [5.74, 6) is 0. The Labute approximate surface area is 307 Å². The molecule has 0 unspecified atom stereocenters. The van der Waals surface area contributed by atoms with Gasteiger partial charge in [0.2, 0.25) is 0 Å². The maximum Gasteiger partial charge on any atom is 0.0998 e. The first-order chi connectivity index (χ1) is 25.7. The topological polar surface area (TPSA) is 52.0 Å². The van der Waals surface area contributed by atoms with Crippen molar-refractivity contribution in [3.8, 4) is 56.6 Å². The van der Waals surface area contributed by atoms with Crippen molar-refractivity contribution in [3.63, 3.8) is 0 Å². The zero-order chi connectivity index (χ0) is 36.0. The fourth-order valence-electron chi connectivity index (χ4n) is 10.3. The van der Waals surface area contributed by atoms with Gasteiger partial charge in [0.15, 0.2) is 0 Å². The van der Waals surface area contributed by atoms with Gasteiger partial charge in [0.25, 0.3) is 0 Å². The predicted octanol–water partition coefficient (Wildman–Crippen LogP) is 12.5. The number of benzene rings is 7. The highest BCUT2D eigenvalue weighted by Crippen LogP contribution is 2.55. The van der Waals surface area contributed by atoms with Crippen LogP contribution in [0.25, 0.3) is 82.6 Å². The van der Waals surface area contributed by atoms with E-state index in [2.05, 4.69) is 172 Å². The first-order valence-electron chi connectivity index (χ1n) is 18.3. The van der Waals surface area contributed by atoms with Crippen molar-refractivity contribution in [2.75, 3.05) is 0 Å². The Morgan fingerprint density at radius 1 is 0.415 bits per heavy atom. The Balaban J connectivity index is 1.17. The zero-order valence-electron chi connectivity index (χ0n) is 30.0. The summed E-state index contributed by atoms with van der Waals surface area (Å²) in [7, 11) is 0. The molecule has 3 heteroatoms. The average Bonchev–Trinajstić information content (AvgIpc) is 3.85. The maximum atomic E-state index is 10.8. The normalized spacial score (nSPS) is 14.7. The molecule has 53 heavy (non-hydrogen) atoms. The van der Waals surface area contributed by atoms with Crippen molar-refractivity contribution in [1.82, 2.24) is 4.40 Å². The predicted molar refractivity (Wildman–Crippen MR) is 217 cm³/mol. The molecule has 3 nitrogen and oxygen atoms in total. The van der Waals surface area contributed by atoms with Crippen LogP contribution in [0, 0.1) is 22.7 Å². The van der Waals surface area contributed by atoms with Gasteiger partial charge in [-0.05, 0) is 79.9 Å². The van der Waals surface area contributed by atoms with Gasteiger partial charge in [-0.15, -0.1) is 0 Å². The minimum atomic E-state index is -0.210. The second-order valence-electron chi connectivity index (χ2n) is 15.9. The van der Waals surface area contributed by atoms with E-state index in [9.17, 15) is 10.5 Å². The molecule has 2 aliphatic carbocycles. The molecule has 9 aromatic rings. The van der Waals surface area contributed by atoms with E-state index in [4.69, 9.17) is 0 Å². The summed E-state index contributed by atoms with van der Waals surface area (Å²) < 4.78 is 2.29. The fraction of sp³-hybridized carbons (Fsp3) is 0.120. The second kappa shape index (κ2) is 10.0. The molecule has 0 amide bonds. The first kappa shape index (κ1) is 30.0. The lowest BCUT2D eigenvalue weighted by Crippen LogP contribution is -2.16. The number of para-hydroxylation sites is 1. The van der Waals surface area contributed by atoms with Crippen LogP contribution in [-0.4, -0.2) is 4.40 Å². The summed E-state index contributed by atoms with van der Waals surface area (Å²) in [5, 5.41) is 26.0. The third-order valence-electron chi connectivity index (χ3n) is 12.6. The molecule has 0 N–H and O–H groups in total. The third-order valence-corrected chi connectivity index (χ3v) is 12.6. The van der Waals surface area contributed by atoms with Crippen molar-refractivity contribution < 1.29 is 0 Å². The van der Waals surface area contributed by atoms with Gasteiger partial charge in [0.05, 0.1) is 39.8 Å². The molecule has 0 fully saturated rings. The van der Waals surface area contributed by atoms with Crippen LogP contribution in [0.5, 0.6) is 0 Å². The van der Waals surface area contributed by atoms with Crippen LogP contribution in [0.4, 0.5) is 0 Å². The van der Waals surface area contributed by atoms with Gasteiger partial charge in [-0.25, -0.2) is 0 Å². The molecule has 0 saturated carbocycles. The molecule has 248 valence electrons. The molecule has 2 aromatic heterocycles. The number of rotatable bonds is 2. The average molecular weight is 676 g/mol.